The van der Waals surface area contributed by atoms with E-state index in [1.807, 2.05) is 6.33 Å². The van der Waals surface area contributed by atoms with Gasteiger partial charge in [-0.3, -0.25) is 0 Å². The molecule has 2 fully saturated rings. The van der Waals surface area contributed by atoms with Gasteiger partial charge < -0.3 is 18.8 Å². The minimum absolute atomic E-state index is 0.00207. The Hall–Kier alpha value is -0.910. The molecule has 0 aliphatic carbocycles. The zero-order chi connectivity index (χ0) is 13.6. The van der Waals surface area contributed by atoms with Crippen LogP contribution in [0.25, 0.3) is 0 Å². The lowest BCUT2D eigenvalue weighted by Gasteiger charge is -2.22. The van der Waals surface area contributed by atoms with Gasteiger partial charge in [-0.05, 0) is 32.1 Å². The van der Waals surface area contributed by atoms with Crippen molar-refractivity contribution in [3.8, 4) is 0 Å². The maximum atomic E-state index is 5.75. The van der Waals surface area contributed by atoms with Crippen molar-refractivity contribution in [1.82, 2.24) is 9.55 Å². The van der Waals surface area contributed by atoms with Crippen LogP contribution in [0.5, 0.6) is 0 Å². The zero-order valence-electron chi connectivity index (χ0n) is 12.0. The summed E-state index contributed by atoms with van der Waals surface area (Å²) in [4.78, 5) is 4.53. The molecule has 1 atom stereocenters. The zero-order valence-corrected chi connectivity index (χ0v) is 12.0. The summed E-state index contributed by atoms with van der Waals surface area (Å²) in [5.74, 6) is 0.563. The second-order valence-electron chi connectivity index (χ2n) is 5.59. The highest BCUT2D eigenvalue weighted by molar-refractivity contribution is 5.05. The maximum Gasteiger partial charge on any atom is 0.157 e. The van der Waals surface area contributed by atoms with E-state index in [0.717, 1.165) is 52.0 Å². The van der Waals surface area contributed by atoms with Gasteiger partial charge >= 0.3 is 0 Å². The van der Waals surface area contributed by atoms with Crippen LogP contribution in [0.3, 0.4) is 0 Å². The molecule has 0 N–H and O–H groups in total. The van der Waals surface area contributed by atoms with Gasteiger partial charge in [-0.2, -0.15) is 0 Å². The third-order valence-corrected chi connectivity index (χ3v) is 4.08. The summed E-state index contributed by atoms with van der Waals surface area (Å²) in [7, 11) is 0. The van der Waals surface area contributed by atoms with Gasteiger partial charge in [0.25, 0.3) is 0 Å². The van der Waals surface area contributed by atoms with Crippen LogP contribution in [-0.4, -0.2) is 42.3 Å². The quantitative estimate of drug-likeness (QED) is 0.830. The Kier molecular flexibility index (Phi) is 5.06. The topological polar surface area (TPSA) is 45.5 Å². The third kappa shape index (κ3) is 3.81. The summed E-state index contributed by atoms with van der Waals surface area (Å²) in [6, 6.07) is 0. The SMILES string of the molecule is c1nc(C2CCOCC2)cn1CCOC1CCCCO1. The number of ether oxygens (including phenoxy) is 3. The molecule has 0 spiro atoms. The van der Waals surface area contributed by atoms with Crippen LogP contribution >= 0.6 is 0 Å². The van der Waals surface area contributed by atoms with E-state index < -0.39 is 0 Å². The molecule has 2 saturated heterocycles. The summed E-state index contributed by atoms with van der Waals surface area (Å²) in [6.45, 7) is 4.09. The summed E-state index contributed by atoms with van der Waals surface area (Å²) >= 11 is 0. The van der Waals surface area contributed by atoms with Gasteiger partial charge in [0.2, 0.25) is 0 Å². The first kappa shape index (κ1) is 14.0. The van der Waals surface area contributed by atoms with Crippen LogP contribution in [0.2, 0.25) is 0 Å². The van der Waals surface area contributed by atoms with Crippen molar-refractivity contribution < 1.29 is 14.2 Å². The molecule has 0 saturated carbocycles. The second kappa shape index (κ2) is 7.20. The molecule has 0 amide bonds. The molecule has 5 nitrogen and oxygen atoms in total. The van der Waals surface area contributed by atoms with E-state index in [1.165, 1.54) is 12.1 Å². The molecule has 0 bridgehead atoms. The number of imidazole rings is 1. The normalized spacial score (nSPS) is 24.9. The van der Waals surface area contributed by atoms with E-state index in [-0.39, 0.29) is 6.29 Å². The number of hydrogen-bond acceptors (Lipinski definition) is 4. The predicted octanol–water partition coefficient (Wildman–Crippen LogP) is 2.32. The standard InChI is InChI=1S/C15H24N2O3/c1-2-7-19-15(3-1)20-10-6-17-11-14(16-12-17)13-4-8-18-9-5-13/h11-13,15H,1-10H2. The number of nitrogens with zero attached hydrogens (tertiary/aromatic N) is 2. The molecule has 3 rings (SSSR count). The first-order chi connectivity index (χ1) is 9.92. The summed E-state index contributed by atoms with van der Waals surface area (Å²) in [6.07, 6.45) is 9.64. The molecule has 2 aliphatic heterocycles. The molecule has 0 aromatic carbocycles. The molecule has 112 valence electrons. The minimum atomic E-state index is 0.00207. The Bertz CT molecular complexity index is 396. The van der Waals surface area contributed by atoms with Gasteiger partial charge in [0.15, 0.2) is 6.29 Å². The van der Waals surface area contributed by atoms with Crippen LogP contribution in [0.15, 0.2) is 12.5 Å². The van der Waals surface area contributed by atoms with Gasteiger partial charge in [-0.25, -0.2) is 4.98 Å². The van der Waals surface area contributed by atoms with Crippen LogP contribution in [0.1, 0.15) is 43.7 Å². The largest absolute Gasteiger partial charge is 0.381 e. The van der Waals surface area contributed by atoms with Crippen molar-refractivity contribution in [2.24, 2.45) is 0 Å². The third-order valence-electron chi connectivity index (χ3n) is 4.08. The van der Waals surface area contributed by atoms with Gasteiger partial charge in [-0.15, -0.1) is 0 Å². The Labute approximate surface area is 120 Å². The first-order valence-corrected chi connectivity index (χ1v) is 7.74. The Morgan fingerprint density at radius 1 is 1.20 bits per heavy atom. The highest BCUT2D eigenvalue weighted by atomic mass is 16.7. The summed E-state index contributed by atoms with van der Waals surface area (Å²) in [5.41, 5.74) is 1.20. The van der Waals surface area contributed by atoms with Gasteiger partial charge in [0, 0.05) is 38.5 Å². The number of aromatic nitrogens is 2. The Morgan fingerprint density at radius 2 is 2.10 bits per heavy atom. The van der Waals surface area contributed by atoms with Crippen LogP contribution < -0.4 is 0 Å². The highest BCUT2D eigenvalue weighted by Crippen LogP contribution is 2.25. The fourth-order valence-corrected chi connectivity index (χ4v) is 2.84. The van der Waals surface area contributed by atoms with Crippen LogP contribution in [0, 0.1) is 0 Å². The molecule has 5 heteroatoms. The monoisotopic (exact) mass is 280 g/mol. The average molecular weight is 280 g/mol. The van der Waals surface area contributed by atoms with Gasteiger partial charge in [0.05, 0.1) is 18.6 Å². The van der Waals surface area contributed by atoms with Crippen LogP contribution in [0.4, 0.5) is 0 Å². The van der Waals surface area contributed by atoms with Crippen molar-refractivity contribution in [3.05, 3.63) is 18.2 Å². The summed E-state index contributed by atoms with van der Waals surface area (Å²) in [5, 5.41) is 0. The molecule has 3 heterocycles. The molecule has 2 aliphatic rings. The van der Waals surface area contributed by atoms with E-state index in [1.54, 1.807) is 0 Å². The Morgan fingerprint density at radius 3 is 2.90 bits per heavy atom. The van der Waals surface area contributed by atoms with Crippen molar-refractivity contribution in [2.75, 3.05) is 26.4 Å². The van der Waals surface area contributed by atoms with E-state index in [9.17, 15) is 0 Å². The number of rotatable bonds is 5. The smallest absolute Gasteiger partial charge is 0.157 e. The van der Waals surface area contributed by atoms with Gasteiger partial charge in [-0.1, -0.05) is 0 Å². The van der Waals surface area contributed by atoms with Crippen molar-refractivity contribution in [3.63, 3.8) is 0 Å². The predicted molar refractivity (Wildman–Crippen MR) is 74.6 cm³/mol. The Balaban J connectivity index is 1.42. The van der Waals surface area contributed by atoms with E-state index in [2.05, 4.69) is 15.7 Å². The molecule has 0 radical (unpaired) electrons. The maximum absolute atomic E-state index is 5.75. The van der Waals surface area contributed by atoms with E-state index in [0.29, 0.717) is 12.5 Å². The van der Waals surface area contributed by atoms with Crippen molar-refractivity contribution >= 4 is 0 Å². The minimum Gasteiger partial charge on any atom is -0.381 e. The fourth-order valence-electron chi connectivity index (χ4n) is 2.84. The lowest BCUT2D eigenvalue weighted by atomic mass is 9.97. The molecule has 20 heavy (non-hydrogen) atoms. The first-order valence-electron chi connectivity index (χ1n) is 7.74. The van der Waals surface area contributed by atoms with E-state index in [4.69, 9.17) is 14.2 Å². The van der Waals surface area contributed by atoms with E-state index >= 15 is 0 Å². The molecular weight excluding hydrogens is 256 g/mol. The molecular formula is C15H24N2O3. The fraction of sp³-hybridized carbons (Fsp3) is 0.800. The number of hydrogen-bond donors (Lipinski definition) is 0. The lowest BCUT2D eigenvalue weighted by molar-refractivity contribution is -0.163. The molecule has 1 unspecified atom stereocenters. The van der Waals surface area contributed by atoms with Crippen LogP contribution in [-0.2, 0) is 20.8 Å². The summed E-state index contributed by atoms with van der Waals surface area (Å²) < 4.78 is 18.8. The second-order valence-corrected chi connectivity index (χ2v) is 5.59. The molecule has 1 aromatic rings. The van der Waals surface area contributed by atoms with Crippen molar-refractivity contribution in [1.29, 1.82) is 0 Å². The highest BCUT2D eigenvalue weighted by Gasteiger charge is 2.18. The average Bonchev–Trinajstić information content (AvgIpc) is 2.98. The molecule has 1 aromatic heterocycles. The van der Waals surface area contributed by atoms with Gasteiger partial charge in [0.1, 0.15) is 0 Å². The van der Waals surface area contributed by atoms with Crippen molar-refractivity contribution in [2.45, 2.75) is 50.9 Å². The lowest BCUT2D eigenvalue weighted by Crippen LogP contribution is -2.23.